The summed E-state index contributed by atoms with van der Waals surface area (Å²) in [6.07, 6.45) is 5.96. The highest BCUT2D eigenvalue weighted by Crippen LogP contribution is 2.47. The molecule has 2 fully saturated rings. The number of anilines is 1. The van der Waals surface area contributed by atoms with Gasteiger partial charge in [-0.3, -0.25) is 0 Å². The van der Waals surface area contributed by atoms with Gasteiger partial charge in [0.1, 0.15) is 12.0 Å². The van der Waals surface area contributed by atoms with Crippen LogP contribution in [0.25, 0.3) is 0 Å². The first-order valence-electron chi connectivity index (χ1n) is 12.9. The number of aldehydes is 1. The third kappa shape index (κ3) is 4.25. The second-order valence-corrected chi connectivity index (χ2v) is 10.6. The molecule has 1 N–H and O–H groups in total. The fourth-order valence-electron chi connectivity index (χ4n) is 6.66. The van der Waals surface area contributed by atoms with Crippen molar-refractivity contribution in [1.29, 1.82) is 0 Å². The number of benzene rings is 3. The van der Waals surface area contributed by atoms with Crippen LogP contribution in [0.5, 0.6) is 5.75 Å². The van der Waals surface area contributed by atoms with Gasteiger partial charge in [-0.15, -0.1) is 0 Å². The van der Waals surface area contributed by atoms with Crippen molar-refractivity contribution in [3.05, 3.63) is 95.1 Å². The van der Waals surface area contributed by atoms with E-state index in [1.807, 2.05) is 12.1 Å². The Balaban J connectivity index is 1.25. The number of hydrogen-bond donors (Lipinski definition) is 1. The van der Waals surface area contributed by atoms with Gasteiger partial charge in [-0.1, -0.05) is 48.5 Å². The van der Waals surface area contributed by atoms with Crippen LogP contribution in [0.3, 0.4) is 0 Å². The Kier molecular flexibility index (Phi) is 5.85. The number of phenols is 1. The first-order valence-corrected chi connectivity index (χ1v) is 12.9. The van der Waals surface area contributed by atoms with Gasteiger partial charge in [-0.25, -0.2) is 0 Å². The third-order valence-electron chi connectivity index (χ3n) is 8.54. The average molecular weight is 468 g/mol. The van der Waals surface area contributed by atoms with Gasteiger partial charge in [-0.2, -0.15) is 0 Å². The Hall–Kier alpha value is -3.11. The molecular formula is C31H33NO3. The molecule has 0 bridgehead atoms. The van der Waals surface area contributed by atoms with Crippen molar-refractivity contribution < 1.29 is 14.6 Å². The summed E-state index contributed by atoms with van der Waals surface area (Å²) in [5, 5.41) is 10.1. The molecule has 0 amide bonds. The number of rotatable bonds is 4. The first kappa shape index (κ1) is 22.4. The average Bonchev–Trinajstić information content (AvgIpc) is 3.31. The fourth-order valence-corrected chi connectivity index (χ4v) is 6.66. The van der Waals surface area contributed by atoms with E-state index in [4.69, 9.17) is 4.74 Å². The molecule has 2 heterocycles. The van der Waals surface area contributed by atoms with E-state index < -0.39 is 0 Å². The zero-order chi connectivity index (χ0) is 23.8. The molecule has 3 aliphatic rings. The van der Waals surface area contributed by atoms with Gasteiger partial charge < -0.3 is 19.5 Å². The summed E-state index contributed by atoms with van der Waals surface area (Å²) in [7, 11) is 0. The van der Waals surface area contributed by atoms with Crippen molar-refractivity contribution in [2.75, 3.05) is 24.6 Å². The number of nitrogens with zero attached hydrogens (tertiary/aromatic N) is 1. The smallest absolute Gasteiger partial charge is 0.125 e. The highest BCUT2D eigenvalue weighted by Gasteiger charge is 2.42. The largest absolute Gasteiger partial charge is 0.508 e. The molecule has 2 aliphatic heterocycles. The minimum absolute atomic E-state index is 0.0682. The number of fused-ring (bicyclic) bond motifs is 1. The molecule has 1 unspecified atom stereocenters. The third-order valence-corrected chi connectivity index (χ3v) is 8.54. The van der Waals surface area contributed by atoms with Crippen LogP contribution in [-0.4, -0.2) is 36.7 Å². The second kappa shape index (κ2) is 9.16. The van der Waals surface area contributed by atoms with Crippen molar-refractivity contribution in [3.63, 3.8) is 0 Å². The molecule has 6 rings (SSSR count). The molecule has 35 heavy (non-hydrogen) atoms. The molecule has 3 aromatic carbocycles. The van der Waals surface area contributed by atoms with Crippen LogP contribution < -0.4 is 4.90 Å². The van der Waals surface area contributed by atoms with Gasteiger partial charge in [0, 0.05) is 30.6 Å². The SMILES string of the molecule is O=CC1COC2(CCN(c3ccc([C@H]4c5ccc(O)cc5CC[C@H]4c4ccccc4)cc3)CC2)C1. The van der Waals surface area contributed by atoms with Gasteiger partial charge in [-0.05, 0) is 84.5 Å². The molecule has 0 radical (unpaired) electrons. The van der Waals surface area contributed by atoms with Crippen molar-refractivity contribution >= 4 is 12.0 Å². The molecule has 1 spiro atoms. The van der Waals surface area contributed by atoms with Gasteiger partial charge >= 0.3 is 0 Å². The van der Waals surface area contributed by atoms with Crippen LogP contribution in [0.15, 0.2) is 72.8 Å². The Morgan fingerprint density at radius 3 is 2.43 bits per heavy atom. The standard InChI is InChI=1S/C31H33NO3/c33-20-22-19-31(35-21-22)14-16-32(17-15-31)26-9-6-24(7-10-26)30-28(23-4-2-1-3-5-23)12-8-25-18-27(34)11-13-29(25)30/h1-7,9-11,13,18,20,22,28,30,34H,8,12,14-17,19,21H2/t22?,28-,30+/m0/s1. The zero-order valence-electron chi connectivity index (χ0n) is 20.1. The first-order chi connectivity index (χ1) is 17.1. The Bertz CT molecular complexity index is 1180. The molecule has 1 aliphatic carbocycles. The van der Waals surface area contributed by atoms with E-state index in [2.05, 4.69) is 65.6 Å². The van der Waals surface area contributed by atoms with Crippen LogP contribution in [0.1, 0.15) is 59.8 Å². The molecule has 4 heteroatoms. The van der Waals surface area contributed by atoms with E-state index >= 15 is 0 Å². The summed E-state index contributed by atoms with van der Waals surface area (Å²) in [6.45, 7) is 2.51. The number of carbonyl (C=O) groups excluding carboxylic acids is 1. The van der Waals surface area contributed by atoms with Crippen molar-refractivity contribution in [3.8, 4) is 5.75 Å². The maximum Gasteiger partial charge on any atom is 0.125 e. The van der Waals surface area contributed by atoms with Crippen LogP contribution in [0, 0.1) is 5.92 Å². The molecule has 0 aromatic heterocycles. The van der Waals surface area contributed by atoms with Crippen LogP contribution >= 0.6 is 0 Å². The van der Waals surface area contributed by atoms with Crippen molar-refractivity contribution in [2.45, 2.75) is 49.5 Å². The van der Waals surface area contributed by atoms with E-state index in [0.29, 0.717) is 18.3 Å². The highest BCUT2D eigenvalue weighted by molar-refractivity contribution is 5.55. The van der Waals surface area contributed by atoms with E-state index in [-0.39, 0.29) is 17.4 Å². The summed E-state index contributed by atoms with van der Waals surface area (Å²) >= 11 is 0. The minimum Gasteiger partial charge on any atom is -0.508 e. The number of carbonyl (C=O) groups is 1. The predicted molar refractivity (Wildman–Crippen MR) is 138 cm³/mol. The van der Waals surface area contributed by atoms with Gasteiger partial charge in [0.25, 0.3) is 0 Å². The van der Waals surface area contributed by atoms with Crippen molar-refractivity contribution in [1.82, 2.24) is 0 Å². The molecule has 2 saturated heterocycles. The molecular weight excluding hydrogens is 434 g/mol. The lowest BCUT2D eigenvalue weighted by atomic mass is 9.69. The quantitative estimate of drug-likeness (QED) is 0.491. The Morgan fingerprint density at radius 2 is 1.71 bits per heavy atom. The number of hydrogen-bond acceptors (Lipinski definition) is 4. The number of phenolic OH excluding ortho intramolecular Hbond substituents is 1. The maximum atomic E-state index is 11.2. The van der Waals surface area contributed by atoms with Crippen LogP contribution in [0.2, 0.25) is 0 Å². The highest BCUT2D eigenvalue weighted by atomic mass is 16.5. The molecule has 0 saturated carbocycles. The Labute approximate surface area is 207 Å². The lowest BCUT2D eigenvalue weighted by Crippen LogP contribution is -2.44. The van der Waals surface area contributed by atoms with E-state index in [1.54, 1.807) is 0 Å². The van der Waals surface area contributed by atoms with Crippen LogP contribution in [0.4, 0.5) is 5.69 Å². The summed E-state index contributed by atoms with van der Waals surface area (Å²) in [5.41, 5.74) is 6.47. The van der Waals surface area contributed by atoms with E-state index in [1.165, 1.54) is 27.9 Å². The van der Waals surface area contributed by atoms with E-state index in [9.17, 15) is 9.90 Å². The van der Waals surface area contributed by atoms with Gasteiger partial charge in [0.2, 0.25) is 0 Å². The normalized spacial score (nSPS) is 25.4. The van der Waals surface area contributed by atoms with Crippen molar-refractivity contribution in [2.24, 2.45) is 5.92 Å². The summed E-state index contributed by atoms with van der Waals surface area (Å²) in [5.74, 6) is 1.11. The summed E-state index contributed by atoms with van der Waals surface area (Å²) in [6, 6.07) is 25.9. The van der Waals surface area contributed by atoms with Crippen LogP contribution in [-0.2, 0) is 16.0 Å². The Morgan fingerprint density at radius 1 is 0.943 bits per heavy atom. The maximum absolute atomic E-state index is 11.2. The lowest BCUT2D eigenvalue weighted by Gasteiger charge is -2.40. The summed E-state index contributed by atoms with van der Waals surface area (Å²) < 4.78 is 6.09. The number of ether oxygens (including phenoxy) is 1. The molecule has 4 nitrogen and oxygen atoms in total. The summed E-state index contributed by atoms with van der Waals surface area (Å²) in [4.78, 5) is 13.6. The van der Waals surface area contributed by atoms with Gasteiger partial charge in [0.05, 0.1) is 12.2 Å². The van der Waals surface area contributed by atoms with Gasteiger partial charge in [0.15, 0.2) is 0 Å². The second-order valence-electron chi connectivity index (χ2n) is 10.6. The molecule has 180 valence electrons. The minimum atomic E-state index is -0.0950. The number of piperidine rings is 1. The zero-order valence-corrected chi connectivity index (χ0v) is 20.1. The number of aryl methyl sites for hydroxylation is 1. The predicted octanol–water partition coefficient (Wildman–Crippen LogP) is 5.83. The molecule has 3 atom stereocenters. The molecule has 3 aromatic rings. The number of aromatic hydroxyl groups is 1. The van der Waals surface area contributed by atoms with E-state index in [0.717, 1.165) is 51.5 Å². The lowest BCUT2D eigenvalue weighted by molar-refractivity contribution is -0.111. The fraction of sp³-hybridized carbons (Fsp3) is 0.387. The monoisotopic (exact) mass is 467 g/mol. The topological polar surface area (TPSA) is 49.8 Å².